The summed E-state index contributed by atoms with van der Waals surface area (Å²) in [5.41, 5.74) is 0. The number of nitrogens with zero attached hydrogens (tertiary/aromatic N) is 1. The zero-order valence-electron chi connectivity index (χ0n) is 6.97. The third-order valence-electron chi connectivity index (χ3n) is 1.50. The summed E-state index contributed by atoms with van der Waals surface area (Å²) in [6, 6.07) is 0. The van der Waals surface area contributed by atoms with Crippen LogP contribution in [0.5, 0.6) is 0 Å². The predicted molar refractivity (Wildman–Crippen MR) is 52.2 cm³/mol. The quantitative estimate of drug-likeness (QED) is 0.348. The van der Waals surface area contributed by atoms with Gasteiger partial charge in [0.2, 0.25) is 0 Å². The van der Waals surface area contributed by atoms with E-state index in [1.165, 1.54) is 0 Å². The van der Waals surface area contributed by atoms with Gasteiger partial charge in [-0.1, -0.05) is 6.92 Å². The van der Waals surface area contributed by atoms with E-state index >= 15 is 0 Å². The monoisotopic (exact) mass is 258 g/mol. The van der Waals surface area contributed by atoms with E-state index in [1.54, 1.807) is 0 Å². The number of aliphatic hydroxyl groups is 1. The first-order valence-corrected chi connectivity index (χ1v) is 5.10. The molecule has 0 fully saturated rings. The maximum atomic E-state index is 9.31. The molecule has 10 heavy (non-hydrogen) atoms. The Morgan fingerprint density at radius 1 is 1.50 bits per heavy atom. The maximum Gasteiger partial charge on any atom is 0.129 e. The Balaban J connectivity index is 3.64. The molecule has 62 valence electrons. The Morgan fingerprint density at radius 2 is 2.00 bits per heavy atom. The number of halogens is 1. The lowest BCUT2D eigenvalue weighted by Crippen LogP contribution is -2.43. The molecule has 0 radical (unpaired) electrons. The largest absolute Gasteiger partial charge is 0.387 e. The standard InChI is InChI=1S/C7H17INO/c1-4-7(10)5-9(2,3)6-8/h7,10H,4-6H2,1-3H3/q+1. The summed E-state index contributed by atoms with van der Waals surface area (Å²) in [6.07, 6.45) is 0.725. The van der Waals surface area contributed by atoms with E-state index < -0.39 is 0 Å². The summed E-state index contributed by atoms with van der Waals surface area (Å²) in [7, 11) is 4.26. The van der Waals surface area contributed by atoms with Crippen molar-refractivity contribution in [1.82, 2.24) is 0 Å². The van der Waals surface area contributed by atoms with Crippen LogP contribution in [-0.2, 0) is 0 Å². The van der Waals surface area contributed by atoms with Crippen molar-refractivity contribution >= 4 is 22.6 Å². The second kappa shape index (κ2) is 4.51. The first-order valence-electron chi connectivity index (χ1n) is 3.58. The molecule has 0 aromatic heterocycles. The average Bonchev–Trinajstić information content (AvgIpc) is 1.87. The molecule has 2 nitrogen and oxygen atoms in total. The Kier molecular flexibility index (Phi) is 4.81. The Morgan fingerprint density at radius 3 is 2.30 bits per heavy atom. The van der Waals surface area contributed by atoms with Gasteiger partial charge in [0.25, 0.3) is 0 Å². The SMILES string of the molecule is CCC(O)C[N+](C)(C)CI. The molecule has 0 bridgehead atoms. The van der Waals surface area contributed by atoms with Crippen LogP contribution in [0.15, 0.2) is 0 Å². The van der Waals surface area contributed by atoms with Crippen molar-refractivity contribution in [3.63, 3.8) is 0 Å². The molecule has 3 heteroatoms. The van der Waals surface area contributed by atoms with Crippen LogP contribution in [0.25, 0.3) is 0 Å². The number of alkyl halides is 1. The third-order valence-corrected chi connectivity index (χ3v) is 3.35. The average molecular weight is 258 g/mol. The zero-order valence-corrected chi connectivity index (χ0v) is 9.13. The van der Waals surface area contributed by atoms with Crippen molar-refractivity contribution in [2.24, 2.45) is 0 Å². The topological polar surface area (TPSA) is 20.2 Å². The molecule has 0 heterocycles. The van der Waals surface area contributed by atoms with Gasteiger partial charge < -0.3 is 9.59 Å². The molecule has 0 aliphatic heterocycles. The van der Waals surface area contributed by atoms with E-state index in [0.717, 1.165) is 22.0 Å². The van der Waals surface area contributed by atoms with E-state index in [0.29, 0.717) is 0 Å². The van der Waals surface area contributed by atoms with Crippen molar-refractivity contribution in [1.29, 1.82) is 0 Å². The highest BCUT2D eigenvalue weighted by atomic mass is 127. The van der Waals surface area contributed by atoms with Gasteiger partial charge >= 0.3 is 0 Å². The summed E-state index contributed by atoms with van der Waals surface area (Å²) in [6.45, 7) is 2.87. The Hall–Kier alpha value is 0.650. The summed E-state index contributed by atoms with van der Waals surface area (Å²) >= 11 is 2.34. The zero-order chi connectivity index (χ0) is 8.20. The van der Waals surface area contributed by atoms with Gasteiger partial charge in [0, 0.05) is 0 Å². The Labute approximate surface area is 77.0 Å². The molecule has 1 N–H and O–H groups in total. The highest BCUT2D eigenvalue weighted by Crippen LogP contribution is 2.04. The molecule has 0 aliphatic carbocycles. The van der Waals surface area contributed by atoms with E-state index in [4.69, 9.17) is 0 Å². The van der Waals surface area contributed by atoms with Crippen LogP contribution in [0.4, 0.5) is 0 Å². The summed E-state index contributed by atoms with van der Waals surface area (Å²) < 4.78 is 1.95. The second-order valence-corrected chi connectivity index (χ2v) is 3.98. The molecule has 0 aliphatic rings. The number of quaternary nitrogens is 1. The van der Waals surface area contributed by atoms with E-state index in [-0.39, 0.29) is 6.10 Å². The lowest BCUT2D eigenvalue weighted by Gasteiger charge is -2.29. The van der Waals surface area contributed by atoms with Gasteiger partial charge in [-0.25, -0.2) is 0 Å². The van der Waals surface area contributed by atoms with Gasteiger partial charge in [-0.2, -0.15) is 0 Å². The molecule has 0 amide bonds. The van der Waals surface area contributed by atoms with Gasteiger partial charge in [-0.05, 0) is 29.0 Å². The van der Waals surface area contributed by atoms with Gasteiger partial charge in [0.1, 0.15) is 17.2 Å². The second-order valence-electron chi connectivity index (χ2n) is 3.30. The molecule has 1 atom stereocenters. The first-order chi connectivity index (χ1) is 4.52. The fourth-order valence-electron chi connectivity index (χ4n) is 0.748. The van der Waals surface area contributed by atoms with Crippen LogP contribution in [0.3, 0.4) is 0 Å². The van der Waals surface area contributed by atoms with E-state index in [9.17, 15) is 5.11 Å². The lowest BCUT2D eigenvalue weighted by atomic mass is 10.2. The highest BCUT2D eigenvalue weighted by Gasteiger charge is 2.16. The lowest BCUT2D eigenvalue weighted by molar-refractivity contribution is -0.877. The van der Waals surface area contributed by atoms with Gasteiger partial charge in [0.15, 0.2) is 0 Å². The van der Waals surface area contributed by atoms with Crippen molar-refractivity contribution in [3.8, 4) is 0 Å². The summed E-state index contributed by atoms with van der Waals surface area (Å²) in [4.78, 5) is 0. The van der Waals surface area contributed by atoms with Crippen molar-refractivity contribution in [3.05, 3.63) is 0 Å². The predicted octanol–water partition coefficient (Wildman–Crippen LogP) is 1.23. The minimum atomic E-state index is -0.134. The highest BCUT2D eigenvalue weighted by molar-refractivity contribution is 14.1. The fourth-order valence-corrected chi connectivity index (χ4v) is 1.03. The molecule has 0 spiro atoms. The van der Waals surface area contributed by atoms with Crippen molar-refractivity contribution in [2.45, 2.75) is 19.4 Å². The molecule has 0 saturated carbocycles. The molecule has 0 saturated heterocycles. The number of likely N-dealkylation sites (N-methyl/N-ethyl adjacent to an activating group) is 1. The summed E-state index contributed by atoms with van der Waals surface area (Å²) in [5.74, 6) is 0. The number of rotatable bonds is 4. The van der Waals surface area contributed by atoms with E-state index in [2.05, 4.69) is 36.7 Å². The first kappa shape index (κ1) is 10.7. The molecule has 1 unspecified atom stereocenters. The van der Waals surface area contributed by atoms with Crippen LogP contribution in [0.2, 0.25) is 0 Å². The van der Waals surface area contributed by atoms with Crippen molar-refractivity contribution in [2.75, 3.05) is 25.2 Å². The number of hydrogen-bond donors (Lipinski definition) is 1. The van der Waals surface area contributed by atoms with Gasteiger partial charge in [-0.3, -0.25) is 0 Å². The smallest absolute Gasteiger partial charge is 0.129 e. The van der Waals surface area contributed by atoms with Crippen LogP contribution >= 0.6 is 22.6 Å². The normalized spacial score (nSPS) is 15.3. The minimum Gasteiger partial charge on any atom is -0.387 e. The third kappa shape index (κ3) is 4.46. The van der Waals surface area contributed by atoms with Crippen LogP contribution < -0.4 is 0 Å². The molecule has 0 aromatic carbocycles. The van der Waals surface area contributed by atoms with Crippen LogP contribution in [-0.4, -0.2) is 40.9 Å². The minimum absolute atomic E-state index is 0.134. The van der Waals surface area contributed by atoms with Crippen molar-refractivity contribution < 1.29 is 9.59 Å². The fraction of sp³-hybridized carbons (Fsp3) is 1.00. The van der Waals surface area contributed by atoms with Gasteiger partial charge in [-0.15, -0.1) is 0 Å². The summed E-state index contributed by atoms with van der Waals surface area (Å²) in [5, 5.41) is 9.31. The molecular formula is C7H17INO+. The van der Waals surface area contributed by atoms with Gasteiger partial charge in [0.05, 0.1) is 14.1 Å². The van der Waals surface area contributed by atoms with E-state index in [1.807, 2.05) is 6.92 Å². The van der Waals surface area contributed by atoms with Crippen LogP contribution in [0, 0.1) is 0 Å². The maximum absolute atomic E-state index is 9.31. The molecular weight excluding hydrogens is 241 g/mol. The van der Waals surface area contributed by atoms with Crippen LogP contribution in [0.1, 0.15) is 13.3 Å². The number of aliphatic hydroxyl groups excluding tert-OH is 1. The number of hydrogen-bond acceptors (Lipinski definition) is 1. The molecule has 0 rings (SSSR count). The Bertz CT molecular complexity index is 95.6. The molecule has 0 aromatic rings.